The van der Waals surface area contributed by atoms with Crippen molar-refractivity contribution < 1.29 is 0 Å². The molecule has 0 saturated carbocycles. The fourth-order valence-electron chi connectivity index (χ4n) is 2.57. The monoisotopic (exact) mass is 256 g/mol. The summed E-state index contributed by atoms with van der Waals surface area (Å²) in [4.78, 5) is 0. The summed E-state index contributed by atoms with van der Waals surface area (Å²) in [6.45, 7) is 2.12. The Labute approximate surface area is 113 Å². The standard InChI is InChI=1S/C15H20N4/c1-2-8-15(19-11-5-10-18-19)14(7-1)17-12-13-6-3-4-9-16-13/h1-2,5,7-8,10-11,13,16-17H,3-4,6,9,12H2. The molecule has 1 fully saturated rings. The first-order valence-corrected chi connectivity index (χ1v) is 7.00. The fraction of sp³-hybridized carbons (Fsp3) is 0.400. The Kier molecular flexibility index (Phi) is 3.79. The second-order valence-electron chi connectivity index (χ2n) is 5.00. The molecule has 1 aliphatic heterocycles. The van der Waals surface area contributed by atoms with Gasteiger partial charge in [-0.1, -0.05) is 18.6 Å². The van der Waals surface area contributed by atoms with Gasteiger partial charge in [-0.25, -0.2) is 4.68 Å². The predicted molar refractivity (Wildman–Crippen MR) is 77.7 cm³/mol. The van der Waals surface area contributed by atoms with Crippen molar-refractivity contribution in [2.24, 2.45) is 0 Å². The molecule has 19 heavy (non-hydrogen) atoms. The third-order valence-electron chi connectivity index (χ3n) is 3.61. The van der Waals surface area contributed by atoms with E-state index < -0.39 is 0 Å². The molecule has 1 unspecified atom stereocenters. The van der Waals surface area contributed by atoms with Gasteiger partial charge in [0, 0.05) is 25.0 Å². The summed E-state index contributed by atoms with van der Waals surface area (Å²) in [6, 6.07) is 10.8. The Bertz CT molecular complexity index is 501. The first-order valence-electron chi connectivity index (χ1n) is 7.00. The number of anilines is 1. The van der Waals surface area contributed by atoms with E-state index >= 15 is 0 Å². The summed E-state index contributed by atoms with van der Waals surface area (Å²) < 4.78 is 1.90. The largest absolute Gasteiger partial charge is 0.382 e. The van der Waals surface area contributed by atoms with Gasteiger partial charge in [0.15, 0.2) is 0 Å². The Morgan fingerprint density at radius 3 is 3.00 bits per heavy atom. The highest BCUT2D eigenvalue weighted by Gasteiger charge is 2.12. The van der Waals surface area contributed by atoms with Gasteiger partial charge in [-0.15, -0.1) is 0 Å². The lowest BCUT2D eigenvalue weighted by atomic mass is 10.1. The minimum atomic E-state index is 0.583. The molecule has 1 aromatic heterocycles. The molecule has 0 spiro atoms. The van der Waals surface area contributed by atoms with Gasteiger partial charge in [0.1, 0.15) is 0 Å². The zero-order valence-electron chi connectivity index (χ0n) is 11.0. The molecule has 100 valence electrons. The van der Waals surface area contributed by atoms with Crippen LogP contribution in [0, 0.1) is 0 Å². The molecule has 1 aromatic carbocycles. The van der Waals surface area contributed by atoms with E-state index in [2.05, 4.69) is 33.9 Å². The van der Waals surface area contributed by atoms with Crippen LogP contribution in [0.15, 0.2) is 42.7 Å². The van der Waals surface area contributed by atoms with Crippen LogP contribution in [-0.4, -0.2) is 28.9 Å². The number of aromatic nitrogens is 2. The summed E-state index contributed by atoms with van der Waals surface area (Å²) in [6.07, 6.45) is 7.68. The lowest BCUT2D eigenvalue weighted by Crippen LogP contribution is -2.39. The second-order valence-corrected chi connectivity index (χ2v) is 5.00. The highest BCUT2D eigenvalue weighted by Crippen LogP contribution is 2.19. The van der Waals surface area contributed by atoms with E-state index in [9.17, 15) is 0 Å². The fourth-order valence-corrected chi connectivity index (χ4v) is 2.57. The molecular formula is C15H20N4. The van der Waals surface area contributed by atoms with E-state index in [0.29, 0.717) is 6.04 Å². The zero-order valence-corrected chi connectivity index (χ0v) is 11.0. The van der Waals surface area contributed by atoms with E-state index in [1.54, 1.807) is 6.20 Å². The van der Waals surface area contributed by atoms with Crippen molar-refractivity contribution in [3.63, 3.8) is 0 Å². The average Bonchev–Trinajstić information content (AvgIpc) is 3.01. The van der Waals surface area contributed by atoms with Gasteiger partial charge >= 0.3 is 0 Å². The Balaban J connectivity index is 1.70. The van der Waals surface area contributed by atoms with Crippen molar-refractivity contribution in [1.29, 1.82) is 0 Å². The highest BCUT2D eigenvalue weighted by atomic mass is 15.3. The van der Waals surface area contributed by atoms with Gasteiger partial charge in [0.25, 0.3) is 0 Å². The topological polar surface area (TPSA) is 41.9 Å². The number of benzene rings is 1. The third-order valence-corrected chi connectivity index (χ3v) is 3.61. The van der Waals surface area contributed by atoms with Gasteiger partial charge < -0.3 is 10.6 Å². The summed E-state index contributed by atoms with van der Waals surface area (Å²) >= 11 is 0. The maximum absolute atomic E-state index is 4.30. The molecule has 3 rings (SSSR count). The summed E-state index contributed by atoms with van der Waals surface area (Å²) in [5.74, 6) is 0. The van der Waals surface area contributed by atoms with Crippen molar-refractivity contribution >= 4 is 5.69 Å². The van der Waals surface area contributed by atoms with E-state index in [1.807, 2.05) is 23.0 Å². The Morgan fingerprint density at radius 2 is 2.21 bits per heavy atom. The number of rotatable bonds is 4. The first kappa shape index (κ1) is 12.2. The van der Waals surface area contributed by atoms with Crippen LogP contribution < -0.4 is 10.6 Å². The zero-order chi connectivity index (χ0) is 12.9. The van der Waals surface area contributed by atoms with Crippen molar-refractivity contribution in [1.82, 2.24) is 15.1 Å². The molecule has 2 heterocycles. The summed E-state index contributed by atoms with van der Waals surface area (Å²) in [5, 5.41) is 11.4. The van der Waals surface area contributed by atoms with Crippen molar-refractivity contribution in [2.45, 2.75) is 25.3 Å². The molecule has 2 aromatic rings. The van der Waals surface area contributed by atoms with Gasteiger partial charge in [-0.3, -0.25) is 0 Å². The maximum Gasteiger partial charge on any atom is 0.0876 e. The quantitative estimate of drug-likeness (QED) is 0.883. The van der Waals surface area contributed by atoms with Crippen LogP contribution in [-0.2, 0) is 0 Å². The van der Waals surface area contributed by atoms with Gasteiger partial charge in [-0.2, -0.15) is 5.10 Å². The molecule has 4 nitrogen and oxygen atoms in total. The molecule has 1 saturated heterocycles. The van der Waals surface area contributed by atoms with Crippen molar-refractivity contribution in [2.75, 3.05) is 18.4 Å². The van der Waals surface area contributed by atoms with Crippen molar-refractivity contribution in [3.05, 3.63) is 42.7 Å². The van der Waals surface area contributed by atoms with Crippen LogP contribution in [0.2, 0.25) is 0 Å². The predicted octanol–water partition coefficient (Wildman–Crippen LogP) is 2.43. The number of para-hydroxylation sites is 2. The van der Waals surface area contributed by atoms with Crippen LogP contribution in [0.5, 0.6) is 0 Å². The first-order chi connectivity index (χ1) is 9.43. The molecule has 0 bridgehead atoms. The summed E-state index contributed by atoms with van der Waals surface area (Å²) in [7, 11) is 0. The number of hydrogen-bond acceptors (Lipinski definition) is 3. The molecule has 0 radical (unpaired) electrons. The molecule has 1 aliphatic rings. The van der Waals surface area contributed by atoms with Gasteiger partial charge in [0.05, 0.1) is 11.4 Å². The van der Waals surface area contributed by atoms with E-state index in [-0.39, 0.29) is 0 Å². The molecule has 4 heteroatoms. The number of nitrogens with zero attached hydrogens (tertiary/aromatic N) is 2. The third kappa shape index (κ3) is 2.96. The lowest BCUT2D eigenvalue weighted by molar-refractivity contribution is 0.414. The smallest absolute Gasteiger partial charge is 0.0876 e. The molecule has 0 aliphatic carbocycles. The minimum Gasteiger partial charge on any atom is -0.382 e. The van der Waals surface area contributed by atoms with E-state index in [0.717, 1.165) is 24.5 Å². The summed E-state index contributed by atoms with van der Waals surface area (Å²) in [5.41, 5.74) is 2.24. The molecule has 0 amide bonds. The van der Waals surface area contributed by atoms with Crippen LogP contribution in [0.25, 0.3) is 5.69 Å². The second kappa shape index (κ2) is 5.89. The van der Waals surface area contributed by atoms with Gasteiger partial charge in [-0.05, 0) is 37.6 Å². The van der Waals surface area contributed by atoms with E-state index in [1.165, 1.54) is 19.3 Å². The van der Waals surface area contributed by atoms with Crippen LogP contribution in [0.4, 0.5) is 5.69 Å². The average molecular weight is 256 g/mol. The minimum absolute atomic E-state index is 0.583. The Morgan fingerprint density at radius 1 is 1.26 bits per heavy atom. The van der Waals surface area contributed by atoms with Crippen LogP contribution in [0.1, 0.15) is 19.3 Å². The maximum atomic E-state index is 4.30. The molecular weight excluding hydrogens is 236 g/mol. The van der Waals surface area contributed by atoms with Crippen LogP contribution >= 0.6 is 0 Å². The number of piperidine rings is 1. The van der Waals surface area contributed by atoms with Gasteiger partial charge in [0.2, 0.25) is 0 Å². The normalized spacial score (nSPS) is 19.3. The SMILES string of the molecule is c1ccc(-n2cccn2)c(NCC2CCCCN2)c1. The van der Waals surface area contributed by atoms with E-state index in [4.69, 9.17) is 0 Å². The Hall–Kier alpha value is -1.81. The lowest BCUT2D eigenvalue weighted by Gasteiger charge is -2.24. The van der Waals surface area contributed by atoms with Crippen molar-refractivity contribution in [3.8, 4) is 5.69 Å². The molecule has 1 atom stereocenters. The molecule has 2 N–H and O–H groups in total. The highest BCUT2D eigenvalue weighted by molar-refractivity contribution is 5.60. The number of hydrogen-bond donors (Lipinski definition) is 2. The van der Waals surface area contributed by atoms with Crippen LogP contribution in [0.3, 0.4) is 0 Å². The number of nitrogens with one attached hydrogen (secondary N) is 2.